The van der Waals surface area contributed by atoms with Crippen molar-refractivity contribution < 1.29 is 9.59 Å². The summed E-state index contributed by atoms with van der Waals surface area (Å²) in [5, 5.41) is 2.35. The highest BCUT2D eigenvalue weighted by Gasteiger charge is 2.34. The minimum absolute atomic E-state index is 0.0887. The predicted molar refractivity (Wildman–Crippen MR) is 54.6 cm³/mol. The van der Waals surface area contributed by atoms with Gasteiger partial charge in [0.2, 0.25) is 11.8 Å². The zero-order chi connectivity index (χ0) is 10.6. The lowest BCUT2D eigenvalue weighted by molar-refractivity contribution is -0.137. The number of imide groups is 1. The first-order valence-corrected chi connectivity index (χ1v) is 5.38. The van der Waals surface area contributed by atoms with Crippen LogP contribution in [0.4, 0.5) is 0 Å². The molecule has 1 rings (SSSR count). The average molecular weight is 197 g/mol. The van der Waals surface area contributed by atoms with Gasteiger partial charge in [-0.05, 0) is 11.8 Å². The Morgan fingerprint density at radius 3 is 2.29 bits per heavy atom. The van der Waals surface area contributed by atoms with Crippen LogP contribution in [-0.4, -0.2) is 11.8 Å². The first kappa shape index (κ1) is 11.2. The van der Waals surface area contributed by atoms with Crippen molar-refractivity contribution in [3.05, 3.63) is 0 Å². The summed E-state index contributed by atoms with van der Waals surface area (Å²) in [6.45, 7) is 4.19. The van der Waals surface area contributed by atoms with Crippen molar-refractivity contribution in [3.63, 3.8) is 0 Å². The molecule has 0 aromatic carbocycles. The molecule has 3 nitrogen and oxygen atoms in total. The van der Waals surface area contributed by atoms with Gasteiger partial charge in [0, 0.05) is 12.8 Å². The van der Waals surface area contributed by atoms with Gasteiger partial charge in [-0.15, -0.1) is 0 Å². The fraction of sp³-hybridized carbons (Fsp3) is 0.818. The molecular formula is C11H19NO2. The van der Waals surface area contributed by atoms with E-state index >= 15 is 0 Å². The lowest BCUT2D eigenvalue weighted by atomic mass is 9.76. The number of hydrogen-bond acceptors (Lipinski definition) is 2. The summed E-state index contributed by atoms with van der Waals surface area (Å²) in [6.07, 6.45) is 5.47. The third-order valence-electron chi connectivity index (χ3n) is 2.84. The Kier molecular flexibility index (Phi) is 3.67. The molecule has 0 bridgehead atoms. The molecule has 1 fully saturated rings. The van der Waals surface area contributed by atoms with Gasteiger partial charge in [0.05, 0.1) is 0 Å². The zero-order valence-corrected chi connectivity index (χ0v) is 9.06. The van der Waals surface area contributed by atoms with E-state index in [-0.39, 0.29) is 17.2 Å². The Labute approximate surface area is 85.3 Å². The van der Waals surface area contributed by atoms with Gasteiger partial charge < -0.3 is 0 Å². The number of carbonyl (C=O) groups excluding carboxylic acids is 2. The molecule has 0 aliphatic carbocycles. The van der Waals surface area contributed by atoms with Crippen LogP contribution in [0.15, 0.2) is 0 Å². The molecule has 0 saturated carbocycles. The number of hydrogen-bond donors (Lipinski definition) is 1. The highest BCUT2D eigenvalue weighted by molar-refractivity contribution is 5.98. The third-order valence-corrected chi connectivity index (χ3v) is 2.84. The summed E-state index contributed by atoms with van der Waals surface area (Å²) in [6, 6.07) is 0. The maximum atomic E-state index is 11.2. The molecule has 0 atom stereocenters. The maximum Gasteiger partial charge on any atom is 0.227 e. The smallest absolute Gasteiger partial charge is 0.227 e. The van der Waals surface area contributed by atoms with E-state index in [0.29, 0.717) is 12.8 Å². The van der Waals surface area contributed by atoms with Crippen LogP contribution in [-0.2, 0) is 9.59 Å². The molecule has 0 aromatic heterocycles. The first-order chi connectivity index (χ1) is 6.56. The van der Waals surface area contributed by atoms with Crippen molar-refractivity contribution in [3.8, 4) is 0 Å². The van der Waals surface area contributed by atoms with Gasteiger partial charge in [-0.3, -0.25) is 14.9 Å². The quantitative estimate of drug-likeness (QED) is 0.553. The van der Waals surface area contributed by atoms with Gasteiger partial charge in [-0.2, -0.15) is 0 Å². The van der Waals surface area contributed by atoms with Gasteiger partial charge >= 0.3 is 0 Å². The third kappa shape index (κ3) is 3.13. The standard InChI is InChI=1S/C11H19NO2/c1-3-4-5-6-11(2)7-9(13)12-10(14)8-11/h3-8H2,1-2H3,(H,12,13,14). The van der Waals surface area contributed by atoms with E-state index in [1.54, 1.807) is 0 Å². The molecule has 14 heavy (non-hydrogen) atoms. The van der Waals surface area contributed by atoms with E-state index in [0.717, 1.165) is 12.8 Å². The molecule has 0 aromatic rings. The molecule has 1 heterocycles. The maximum absolute atomic E-state index is 11.2. The van der Waals surface area contributed by atoms with Crippen LogP contribution >= 0.6 is 0 Å². The molecule has 0 unspecified atom stereocenters. The summed E-state index contributed by atoms with van der Waals surface area (Å²) in [4.78, 5) is 22.4. The molecule has 3 heteroatoms. The van der Waals surface area contributed by atoms with Gasteiger partial charge in [0.25, 0.3) is 0 Å². The van der Waals surface area contributed by atoms with Gasteiger partial charge in [-0.25, -0.2) is 0 Å². The van der Waals surface area contributed by atoms with Crippen molar-refractivity contribution in [2.24, 2.45) is 5.41 Å². The summed E-state index contributed by atoms with van der Waals surface area (Å²) in [7, 11) is 0. The number of rotatable bonds is 4. The van der Waals surface area contributed by atoms with Crippen LogP contribution < -0.4 is 5.32 Å². The number of carbonyl (C=O) groups is 2. The number of amides is 2. The molecule has 80 valence electrons. The largest absolute Gasteiger partial charge is 0.296 e. The van der Waals surface area contributed by atoms with Crippen molar-refractivity contribution in [1.29, 1.82) is 0 Å². The zero-order valence-electron chi connectivity index (χ0n) is 9.06. The number of piperidine rings is 1. The van der Waals surface area contributed by atoms with E-state index in [9.17, 15) is 9.59 Å². The topological polar surface area (TPSA) is 46.2 Å². The molecule has 1 aliphatic rings. The fourth-order valence-electron chi connectivity index (χ4n) is 2.06. The molecule has 0 spiro atoms. The monoisotopic (exact) mass is 197 g/mol. The van der Waals surface area contributed by atoms with E-state index in [4.69, 9.17) is 0 Å². The minimum atomic E-state index is -0.111. The average Bonchev–Trinajstić information content (AvgIpc) is 2.01. The Balaban J connectivity index is 2.46. The molecule has 2 amide bonds. The number of nitrogens with one attached hydrogen (secondary N) is 1. The summed E-state index contributed by atoms with van der Waals surface area (Å²) in [5.74, 6) is -0.222. The van der Waals surface area contributed by atoms with Crippen molar-refractivity contribution in [2.45, 2.75) is 52.4 Å². The second kappa shape index (κ2) is 4.58. The minimum Gasteiger partial charge on any atom is -0.296 e. The Morgan fingerprint density at radius 1 is 1.21 bits per heavy atom. The number of unbranched alkanes of at least 4 members (excludes halogenated alkanes) is 2. The molecule has 1 N–H and O–H groups in total. The second-order valence-corrected chi connectivity index (χ2v) is 4.59. The molecule has 0 radical (unpaired) electrons. The van der Waals surface area contributed by atoms with E-state index in [1.807, 2.05) is 6.92 Å². The van der Waals surface area contributed by atoms with E-state index in [2.05, 4.69) is 12.2 Å². The molecule has 1 saturated heterocycles. The van der Waals surface area contributed by atoms with Crippen LogP contribution in [0.25, 0.3) is 0 Å². The summed E-state index contributed by atoms with van der Waals surface area (Å²) < 4.78 is 0. The van der Waals surface area contributed by atoms with Crippen LogP contribution in [0.1, 0.15) is 52.4 Å². The van der Waals surface area contributed by atoms with Crippen LogP contribution in [0.5, 0.6) is 0 Å². The van der Waals surface area contributed by atoms with E-state index < -0.39 is 0 Å². The van der Waals surface area contributed by atoms with Crippen LogP contribution in [0.2, 0.25) is 0 Å². The second-order valence-electron chi connectivity index (χ2n) is 4.59. The van der Waals surface area contributed by atoms with E-state index in [1.165, 1.54) is 12.8 Å². The van der Waals surface area contributed by atoms with Gasteiger partial charge in [0.15, 0.2) is 0 Å². The van der Waals surface area contributed by atoms with Crippen molar-refractivity contribution in [2.75, 3.05) is 0 Å². The van der Waals surface area contributed by atoms with Crippen molar-refractivity contribution in [1.82, 2.24) is 5.32 Å². The van der Waals surface area contributed by atoms with Gasteiger partial charge in [-0.1, -0.05) is 33.1 Å². The Hall–Kier alpha value is -0.860. The lowest BCUT2D eigenvalue weighted by Crippen LogP contribution is -2.43. The highest BCUT2D eigenvalue weighted by Crippen LogP contribution is 2.34. The normalized spacial score (nSPS) is 20.7. The predicted octanol–water partition coefficient (Wildman–Crippen LogP) is 2.01. The summed E-state index contributed by atoms with van der Waals surface area (Å²) in [5.41, 5.74) is -0.0887. The fourth-order valence-corrected chi connectivity index (χ4v) is 2.06. The highest BCUT2D eigenvalue weighted by atomic mass is 16.2. The SMILES string of the molecule is CCCCCC1(C)CC(=O)NC(=O)C1. The van der Waals surface area contributed by atoms with Crippen LogP contribution in [0.3, 0.4) is 0 Å². The lowest BCUT2D eigenvalue weighted by Gasteiger charge is -2.32. The van der Waals surface area contributed by atoms with Crippen molar-refractivity contribution >= 4 is 11.8 Å². The van der Waals surface area contributed by atoms with Gasteiger partial charge in [0.1, 0.15) is 0 Å². The van der Waals surface area contributed by atoms with Crippen LogP contribution in [0, 0.1) is 5.41 Å². The first-order valence-electron chi connectivity index (χ1n) is 5.38. The Bertz CT molecular complexity index is 219. The Morgan fingerprint density at radius 2 is 1.79 bits per heavy atom. The summed E-state index contributed by atoms with van der Waals surface area (Å²) >= 11 is 0. The molecule has 1 aliphatic heterocycles. The molecular weight excluding hydrogens is 178 g/mol.